The van der Waals surface area contributed by atoms with Gasteiger partial charge in [0.15, 0.2) is 0 Å². The van der Waals surface area contributed by atoms with Crippen molar-refractivity contribution in [3.05, 3.63) is 108 Å². The molecule has 242 valence electrons. The zero-order valence-electron chi connectivity index (χ0n) is 26.8. The highest BCUT2D eigenvalue weighted by Gasteiger charge is 2.38. The van der Waals surface area contributed by atoms with Crippen LogP contribution < -0.4 is 10.6 Å². The van der Waals surface area contributed by atoms with Gasteiger partial charge in [-0.3, -0.25) is 9.59 Å². The van der Waals surface area contributed by atoms with Crippen LogP contribution >= 0.6 is 11.8 Å². The minimum absolute atomic E-state index is 0.184. The van der Waals surface area contributed by atoms with Crippen molar-refractivity contribution in [1.29, 1.82) is 0 Å². The van der Waals surface area contributed by atoms with Crippen molar-refractivity contribution in [2.24, 2.45) is 0 Å². The van der Waals surface area contributed by atoms with Crippen LogP contribution in [-0.2, 0) is 19.1 Å². The van der Waals surface area contributed by atoms with Gasteiger partial charge in [-0.15, -0.1) is 11.8 Å². The van der Waals surface area contributed by atoms with Gasteiger partial charge in [0.05, 0.1) is 4.75 Å². The molecule has 45 heavy (non-hydrogen) atoms. The molecule has 0 heterocycles. The minimum atomic E-state index is -0.860. The van der Waals surface area contributed by atoms with Gasteiger partial charge in [0.2, 0.25) is 5.91 Å². The van der Waals surface area contributed by atoms with Gasteiger partial charge < -0.3 is 25.4 Å². The smallest absolute Gasteiger partial charge is 0.408 e. The Kier molecular flexibility index (Phi) is 14.0. The Labute approximate surface area is 271 Å². The Hall–Kier alpha value is -3.82. The van der Waals surface area contributed by atoms with Gasteiger partial charge in [0.1, 0.15) is 11.6 Å². The van der Waals surface area contributed by atoms with Crippen LogP contribution in [0.1, 0.15) is 63.1 Å². The summed E-state index contributed by atoms with van der Waals surface area (Å²) in [6, 6.07) is 29.8. The number of benzene rings is 3. The molecule has 3 rings (SSSR count). The van der Waals surface area contributed by atoms with E-state index in [0.717, 1.165) is 36.1 Å². The molecule has 9 heteroatoms. The van der Waals surface area contributed by atoms with E-state index in [-0.39, 0.29) is 18.1 Å². The number of hydrogen-bond acceptors (Lipinski definition) is 6. The van der Waals surface area contributed by atoms with Gasteiger partial charge in [-0.05, 0) is 63.9 Å². The second kappa shape index (κ2) is 17.6. The fourth-order valence-corrected chi connectivity index (χ4v) is 6.61. The second-order valence-electron chi connectivity index (χ2n) is 12.1. The molecule has 3 aromatic carbocycles. The number of carboxylic acid groups (broad SMARTS) is 1. The molecular formula is C36H47N3O5S. The van der Waals surface area contributed by atoms with Crippen LogP contribution in [0.3, 0.4) is 0 Å². The molecule has 0 aliphatic rings. The first-order valence-electron chi connectivity index (χ1n) is 15.5. The van der Waals surface area contributed by atoms with Crippen molar-refractivity contribution in [3.8, 4) is 0 Å². The molecule has 0 fully saturated rings. The van der Waals surface area contributed by atoms with Crippen molar-refractivity contribution in [2.45, 2.75) is 62.8 Å². The van der Waals surface area contributed by atoms with Crippen molar-refractivity contribution < 1.29 is 24.2 Å². The number of carbonyl (C=O) groups is 3. The number of unbranched alkanes of at least 4 members (excludes halogenated alkanes) is 2. The van der Waals surface area contributed by atoms with Gasteiger partial charge in [-0.2, -0.15) is 0 Å². The molecule has 0 aliphatic carbocycles. The van der Waals surface area contributed by atoms with E-state index in [2.05, 4.69) is 51.9 Å². The quantitative estimate of drug-likeness (QED) is 0.118. The van der Waals surface area contributed by atoms with Crippen LogP contribution in [0.5, 0.6) is 0 Å². The Morgan fingerprint density at radius 1 is 0.800 bits per heavy atom. The number of thioether (sulfide) groups is 1. The lowest BCUT2D eigenvalue weighted by Gasteiger charge is -2.36. The average molecular weight is 634 g/mol. The summed E-state index contributed by atoms with van der Waals surface area (Å²) in [5, 5.41) is 14.7. The molecule has 0 saturated heterocycles. The standard InChI is InChI=1S/C36H47N3O5S/c1-35(2,3)44-34(43)38-31(33(42)37-24-26-39(4)25-16-8-15-23-32(40)41)27-45-36(28-17-9-5-10-18-28,29-19-11-6-12-20-29)30-21-13-7-14-22-30/h5-7,9-14,17-22,31H,8,15-16,23-27H2,1-4H3,(H,37,42)(H,38,43)(H,40,41). The number of likely N-dealkylation sites (N-methyl/N-ethyl adjacent to an activating group) is 1. The number of ether oxygens (including phenoxy) is 1. The zero-order chi connectivity index (χ0) is 32.7. The number of aliphatic carboxylic acids is 1. The van der Waals surface area contributed by atoms with Crippen molar-refractivity contribution in [2.75, 3.05) is 32.4 Å². The topological polar surface area (TPSA) is 108 Å². The van der Waals surface area contributed by atoms with Crippen molar-refractivity contribution >= 4 is 29.7 Å². The predicted molar refractivity (Wildman–Crippen MR) is 181 cm³/mol. The van der Waals surface area contributed by atoms with Crippen LogP contribution in [0.25, 0.3) is 0 Å². The monoisotopic (exact) mass is 633 g/mol. The number of carbonyl (C=O) groups excluding carboxylic acids is 2. The Balaban J connectivity index is 1.81. The highest BCUT2D eigenvalue weighted by Crippen LogP contribution is 2.48. The van der Waals surface area contributed by atoms with Crippen LogP contribution in [0.2, 0.25) is 0 Å². The highest BCUT2D eigenvalue weighted by atomic mass is 32.2. The molecule has 0 aliphatic heterocycles. The first-order chi connectivity index (χ1) is 21.5. The summed E-state index contributed by atoms with van der Waals surface area (Å²) in [6.45, 7) is 7.21. The Morgan fingerprint density at radius 2 is 1.31 bits per heavy atom. The molecule has 3 aromatic rings. The van der Waals surface area contributed by atoms with E-state index in [1.54, 1.807) is 32.5 Å². The van der Waals surface area contributed by atoms with E-state index in [0.29, 0.717) is 19.5 Å². The zero-order valence-corrected chi connectivity index (χ0v) is 27.6. The lowest BCUT2D eigenvalue weighted by Crippen LogP contribution is -2.51. The summed E-state index contributed by atoms with van der Waals surface area (Å²) < 4.78 is 4.89. The van der Waals surface area contributed by atoms with E-state index in [4.69, 9.17) is 9.84 Å². The molecule has 1 atom stereocenters. The lowest BCUT2D eigenvalue weighted by atomic mass is 9.84. The summed E-state index contributed by atoms with van der Waals surface area (Å²) in [4.78, 5) is 39.4. The number of hydrogen-bond donors (Lipinski definition) is 3. The van der Waals surface area contributed by atoms with E-state index in [9.17, 15) is 14.4 Å². The fraction of sp³-hybridized carbons (Fsp3) is 0.417. The minimum Gasteiger partial charge on any atom is -0.481 e. The maximum Gasteiger partial charge on any atom is 0.408 e. The molecule has 0 saturated carbocycles. The molecule has 0 spiro atoms. The van der Waals surface area contributed by atoms with Gasteiger partial charge in [0, 0.05) is 25.3 Å². The highest BCUT2D eigenvalue weighted by molar-refractivity contribution is 8.00. The van der Waals surface area contributed by atoms with Crippen molar-refractivity contribution in [1.82, 2.24) is 15.5 Å². The van der Waals surface area contributed by atoms with Crippen LogP contribution in [-0.4, -0.2) is 72.1 Å². The third-order valence-electron chi connectivity index (χ3n) is 7.24. The molecule has 0 aromatic heterocycles. The van der Waals surface area contributed by atoms with Gasteiger partial charge in [0.25, 0.3) is 0 Å². The van der Waals surface area contributed by atoms with Crippen LogP contribution in [0.4, 0.5) is 4.79 Å². The summed E-state index contributed by atoms with van der Waals surface area (Å²) >= 11 is 1.60. The molecule has 3 N–H and O–H groups in total. The number of carboxylic acids is 1. The number of rotatable bonds is 17. The Morgan fingerprint density at radius 3 is 1.78 bits per heavy atom. The predicted octanol–water partition coefficient (Wildman–Crippen LogP) is 6.30. The fourth-order valence-electron chi connectivity index (χ4n) is 5.05. The average Bonchev–Trinajstić information content (AvgIpc) is 3.01. The van der Waals surface area contributed by atoms with E-state index in [1.807, 2.05) is 61.6 Å². The van der Waals surface area contributed by atoms with Crippen molar-refractivity contribution in [3.63, 3.8) is 0 Å². The third kappa shape index (κ3) is 11.6. The SMILES string of the molecule is CN(CCCCCC(=O)O)CCNC(=O)C(CSC(c1ccccc1)(c1ccccc1)c1ccccc1)NC(=O)OC(C)(C)C. The summed E-state index contributed by atoms with van der Waals surface area (Å²) in [5.74, 6) is -0.776. The molecular weight excluding hydrogens is 586 g/mol. The number of nitrogens with one attached hydrogen (secondary N) is 2. The molecule has 2 amide bonds. The first-order valence-corrected chi connectivity index (χ1v) is 16.5. The molecule has 0 bridgehead atoms. The van der Waals surface area contributed by atoms with Gasteiger partial charge in [-0.1, -0.05) is 97.4 Å². The van der Waals surface area contributed by atoms with Gasteiger partial charge in [-0.25, -0.2) is 4.79 Å². The first kappa shape index (κ1) is 35.7. The van der Waals surface area contributed by atoms with Crippen LogP contribution in [0, 0.1) is 0 Å². The van der Waals surface area contributed by atoms with E-state index in [1.165, 1.54) is 0 Å². The van der Waals surface area contributed by atoms with E-state index >= 15 is 0 Å². The Bertz CT molecular complexity index is 1240. The second-order valence-corrected chi connectivity index (χ2v) is 13.3. The van der Waals surface area contributed by atoms with Crippen LogP contribution in [0.15, 0.2) is 91.0 Å². The molecule has 1 unspecified atom stereocenters. The number of amides is 2. The van der Waals surface area contributed by atoms with Gasteiger partial charge >= 0.3 is 12.1 Å². The normalized spacial score (nSPS) is 12.4. The number of nitrogens with zero attached hydrogens (tertiary/aromatic N) is 1. The maximum atomic E-state index is 13.6. The molecule has 8 nitrogen and oxygen atoms in total. The summed E-state index contributed by atoms with van der Waals surface area (Å²) in [6.07, 6.45) is 1.92. The molecule has 0 radical (unpaired) electrons. The lowest BCUT2D eigenvalue weighted by molar-refractivity contribution is -0.137. The summed E-state index contributed by atoms with van der Waals surface area (Å²) in [7, 11) is 1.98. The largest absolute Gasteiger partial charge is 0.481 e. The van der Waals surface area contributed by atoms with E-state index < -0.39 is 28.5 Å². The maximum absolute atomic E-state index is 13.6. The number of alkyl carbamates (subject to hydrolysis) is 1. The third-order valence-corrected chi connectivity index (χ3v) is 8.88. The summed E-state index contributed by atoms with van der Waals surface area (Å²) in [5.41, 5.74) is 2.48.